The van der Waals surface area contributed by atoms with Gasteiger partial charge in [-0.15, -0.1) is 0 Å². The zero-order valence-electron chi connectivity index (χ0n) is 19.3. The van der Waals surface area contributed by atoms with Gasteiger partial charge >= 0.3 is 7.60 Å². The van der Waals surface area contributed by atoms with E-state index < -0.39 is 7.60 Å². The molecule has 34 heavy (non-hydrogen) atoms. The summed E-state index contributed by atoms with van der Waals surface area (Å²) in [7, 11) is 1.47. The van der Waals surface area contributed by atoms with E-state index in [1.807, 2.05) is 29.9 Å². The zero-order chi connectivity index (χ0) is 24.1. The van der Waals surface area contributed by atoms with Gasteiger partial charge in [-0.05, 0) is 34.5 Å². The summed E-state index contributed by atoms with van der Waals surface area (Å²) in [5, 5.41) is 9.51. The fourth-order valence-corrected chi connectivity index (χ4v) is 4.87. The largest absolute Gasteiger partial charge is 0.334 e. The molecule has 0 bridgehead atoms. The summed E-state index contributed by atoms with van der Waals surface area (Å²) in [6.07, 6.45) is 5.16. The first kappa shape index (κ1) is 23.6. The minimum Gasteiger partial charge on any atom is -0.323 e. The van der Waals surface area contributed by atoms with E-state index in [-0.39, 0.29) is 12.1 Å². The summed E-state index contributed by atoms with van der Waals surface area (Å²) in [5.74, 6) is -0.264. The van der Waals surface area contributed by atoms with Gasteiger partial charge in [0.2, 0.25) is 5.91 Å². The molecule has 1 N–H and O–H groups in total. The molecule has 0 aliphatic carbocycles. The summed E-state index contributed by atoms with van der Waals surface area (Å²) < 4.78 is 24.0. The molecule has 0 aliphatic rings. The fraction of sp³-hybridized carbons (Fsp3) is 0.154. The molecule has 4 rings (SSSR count). The highest BCUT2D eigenvalue weighted by atomic mass is 31.2. The molecule has 0 radical (unpaired) electrons. The number of aromatic nitrogens is 2. The average Bonchev–Trinajstić information content (AvgIpc) is 3.23. The molecule has 0 spiro atoms. The van der Waals surface area contributed by atoms with Crippen LogP contribution < -0.4 is 5.32 Å². The quantitative estimate of drug-likeness (QED) is 0.254. The average molecular weight is 475 g/mol. The number of hydrogen-bond donors (Lipinski definition) is 1. The van der Waals surface area contributed by atoms with Crippen molar-refractivity contribution in [1.29, 1.82) is 0 Å². The summed E-state index contributed by atoms with van der Waals surface area (Å²) in [6.45, 7) is 0. The Balaban J connectivity index is 1.50. The van der Waals surface area contributed by atoms with Crippen molar-refractivity contribution >= 4 is 36.0 Å². The van der Waals surface area contributed by atoms with Crippen LogP contribution in [0, 0.1) is 0 Å². The minimum absolute atomic E-state index is 0.159. The van der Waals surface area contributed by atoms with Crippen LogP contribution in [-0.2, 0) is 31.6 Å². The highest BCUT2D eigenvalue weighted by Gasteiger charge is 2.21. The standard InChI is InChI=1S/C26H26N3O4P/c1-29-26(24-10-6-8-20-7-4-5-9-23(20)24)21(17-27-29)13-16-25(30)28-22-14-11-19(12-15-22)18-34(31,32-2)33-3/h4-17H,18H2,1-3H3,(H,28,30)/b16-13+. The van der Waals surface area contributed by atoms with E-state index in [2.05, 4.69) is 34.7 Å². The SMILES string of the molecule is COP(=O)(Cc1ccc(NC(=O)/C=C/c2cnn(C)c2-c2cccc3ccccc23)cc1)OC. The Morgan fingerprint density at radius 1 is 1.03 bits per heavy atom. The molecule has 1 amide bonds. The molecule has 4 aromatic rings. The Morgan fingerprint density at radius 3 is 2.47 bits per heavy atom. The van der Waals surface area contributed by atoms with E-state index >= 15 is 0 Å². The molecule has 0 saturated heterocycles. The first-order valence-corrected chi connectivity index (χ1v) is 12.4. The second-order valence-electron chi connectivity index (χ2n) is 7.75. The molecule has 8 heteroatoms. The molecule has 0 aliphatic heterocycles. The lowest BCUT2D eigenvalue weighted by atomic mass is 10.00. The Kier molecular flexibility index (Phi) is 7.08. The van der Waals surface area contributed by atoms with Crippen molar-refractivity contribution in [2.75, 3.05) is 19.5 Å². The highest BCUT2D eigenvalue weighted by Crippen LogP contribution is 2.49. The number of carbonyl (C=O) groups excluding carboxylic acids is 1. The number of nitrogens with one attached hydrogen (secondary N) is 1. The van der Waals surface area contributed by atoms with Crippen LogP contribution in [0.1, 0.15) is 11.1 Å². The number of amides is 1. The zero-order valence-corrected chi connectivity index (χ0v) is 20.2. The molecule has 0 unspecified atom stereocenters. The summed E-state index contributed by atoms with van der Waals surface area (Å²) in [5.41, 5.74) is 4.25. The molecule has 174 valence electrons. The number of benzene rings is 3. The Bertz CT molecular complexity index is 1380. The van der Waals surface area contributed by atoms with E-state index in [1.54, 1.807) is 36.5 Å². The third-order valence-corrected chi connectivity index (χ3v) is 7.45. The van der Waals surface area contributed by atoms with Crippen molar-refractivity contribution in [3.05, 3.63) is 90.1 Å². The molecular weight excluding hydrogens is 449 g/mol. The normalized spacial score (nSPS) is 11.9. The van der Waals surface area contributed by atoms with Gasteiger partial charge in [-0.2, -0.15) is 5.10 Å². The second-order valence-corrected chi connectivity index (χ2v) is 10.0. The van der Waals surface area contributed by atoms with Crippen LogP contribution in [0.15, 0.2) is 79.0 Å². The Labute approximate surface area is 198 Å². The second kappa shape index (κ2) is 10.2. The molecule has 0 fully saturated rings. The maximum atomic E-state index is 12.5. The van der Waals surface area contributed by atoms with Crippen molar-refractivity contribution in [2.24, 2.45) is 7.05 Å². The third-order valence-electron chi connectivity index (χ3n) is 5.58. The first-order valence-electron chi connectivity index (χ1n) is 10.7. The van der Waals surface area contributed by atoms with Crippen LogP contribution >= 0.6 is 7.60 Å². The number of hydrogen-bond acceptors (Lipinski definition) is 5. The van der Waals surface area contributed by atoms with Crippen molar-refractivity contribution in [2.45, 2.75) is 6.16 Å². The predicted octanol–water partition coefficient (Wildman–Crippen LogP) is 5.88. The lowest BCUT2D eigenvalue weighted by molar-refractivity contribution is -0.111. The number of rotatable bonds is 8. The van der Waals surface area contributed by atoms with E-state index in [0.29, 0.717) is 5.69 Å². The lowest BCUT2D eigenvalue weighted by Gasteiger charge is -2.13. The van der Waals surface area contributed by atoms with Crippen molar-refractivity contribution in [3.8, 4) is 11.3 Å². The van der Waals surface area contributed by atoms with Gasteiger partial charge in [-0.25, -0.2) is 0 Å². The van der Waals surface area contributed by atoms with Crippen LogP contribution in [0.2, 0.25) is 0 Å². The Hall–Kier alpha value is -3.51. The van der Waals surface area contributed by atoms with Crippen molar-refractivity contribution in [3.63, 3.8) is 0 Å². The predicted molar refractivity (Wildman–Crippen MR) is 136 cm³/mol. The van der Waals surface area contributed by atoms with E-state index in [4.69, 9.17) is 9.05 Å². The molecule has 1 aromatic heterocycles. The van der Waals surface area contributed by atoms with Gasteiger partial charge in [0.25, 0.3) is 0 Å². The molecule has 0 saturated carbocycles. The number of aryl methyl sites for hydroxylation is 1. The van der Waals surface area contributed by atoms with Gasteiger partial charge < -0.3 is 14.4 Å². The number of nitrogens with zero attached hydrogens (tertiary/aromatic N) is 2. The lowest BCUT2D eigenvalue weighted by Crippen LogP contribution is -2.07. The first-order chi connectivity index (χ1) is 16.4. The van der Waals surface area contributed by atoms with Gasteiger partial charge in [0.15, 0.2) is 0 Å². The fourth-order valence-electron chi connectivity index (χ4n) is 3.81. The van der Waals surface area contributed by atoms with Crippen LogP contribution in [0.25, 0.3) is 28.1 Å². The van der Waals surface area contributed by atoms with Crippen LogP contribution in [0.3, 0.4) is 0 Å². The third kappa shape index (κ3) is 5.18. The Morgan fingerprint density at radius 2 is 1.74 bits per heavy atom. The van der Waals surface area contributed by atoms with E-state index in [1.165, 1.54) is 20.3 Å². The van der Waals surface area contributed by atoms with Gasteiger partial charge in [-0.3, -0.25) is 14.0 Å². The van der Waals surface area contributed by atoms with Gasteiger partial charge in [0, 0.05) is 44.2 Å². The van der Waals surface area contributed by atoms with E-state index in [0.717, 1.165) is 33.2 Å². The van der Waals surface area contributed by atoms with Crippen molar-refractivity contribution < 1.29 is 18.4 Å². The van der Waals surface area contributed by atoms with Gasteiger partial charge in [0.05, 0.1) is 18.1 Å². The van der Waals surface area contributed by atoms with Crippen LogP contribution in [0.4, 0.5) is 5.69 Å². The molecule has 7 nitrogen and oxygen atoms in total. The van der Waals surface area contributed by atoms with Crippen LogP contribution in [-0.4, -0.2) is 29.9 Å². The molecule has 3 aromatic carbocycles. The van der Waals surface area contributed by atoms with Gasteiger partial charge in [-0.1, -0.05) is 54.6 Å². The maximum Gasteiger partial charge on any atom is 0.334 e. The smallest absolute Gasteiger partial charge is 0.323 e. The summed E-state index contributed by atoms with van der Waals surface area (Å²) >= 11 is 0. The highest BCUT2D eigenvalue weighted by molar-refractivity contribution is 7.52. The number of carbonyl (C=O) groups is 1. The van der Waals surface area contributed by atoms with Gasteiger partial charge in [0.1, 0.15) is 0 Å². The van der Waals surface area contributed by atoms with Crippen molar-refractivity contribution in [1.82, 2.24) is 9.78 Å². The summed E-state index contributed by atoms with van der Waals surface area (Å²) in [6, 6.07) is 21.4. The van der Waals surface area contributed by atoms with Crippen LogP contribution in [0.5, 0.6) is 0 Å². The number of fused-ring (bicyclic) bond motifs is 1. The molecular formula is C26H26N3O4P. The number of anilines is 1. The maximum absolute atomic E-state index is 12.5. The van der Waals surface area contributed by atoms with E-state index in [9.17, 15) is 9.36 Å². The monoisotopic (exact) mass is 475 g/mol. The topological polar surface area (TPSA) is 82.5 Å². The minimum atomic E-state index is -3.14. The molecule has 1 heterocycles. The summed E-state index contributed by atoms with van der Waals surface area (Å²) in [4.78, 5) is 12.5. The molecule has 0 atom stereocenters.